The number of ether oxygens (including phenoxy) is 1. The Kier molecular flexibility index (Phi) is 10.5. The number of morpholine rings is 1. The number of nitrogens with one attached hydrogen (secondary N) is 3. The molecule has 11 nitrogen and oxygen atoms in total. The first kappa shape index (κ1) is 32.6. The number of aromatic nitrogens is 3. The third kappa shape index (κ3) is 8.75. The average Bonchev–Trinajstić information content (AvgIpc) is 3.90. The molecule has 47 heavy (non-hydrogen) atoms. The second kappa shape index (κ2) is 15.1. The molecule has 13 heteroatoms. The Labute approximate surface area is 282 Å². The number of halogens is 2. The van der Waals surface area contributed by atoms with Gasteiger partial charge in [0.15, 0.2) is 0 Å². The number of hydrogen-bond acceptors (Lipinski definition) is 7. The van der Waals surface area contributed by atoms with E-state index in [1.165, 1.54) is 17.1 Å². The normalized spacial score (nSPS) is 14.9. The number of carbonyl (C=O) groups excluding carboxylic acids is 2. The number of urea groups is 1. The average molecular weight is 677 g/mol. The highest BCUT2D eigenvalue weighted by molar-refractivity contribution is 6.39. The summed E-state index contributed by atoms with van der Waals surface area (Å²) in [4.78, 5) is 44.9. The first-order valence-corrected chi connectivity index (χ1v) is 16.3. The van der Waals surface area contributed by atoms with Gasteiger partial charge in [0.05, 0.1) is 41.1 Å². The number of hydrogen-bond donors (Lipinski definition) is 3. The molecule has 3 heterocycles. The molecule has 6 rings (SSSR count). The summed E-state index contributed by atoms with van der Waals surface area (Å²) in [7, 11) is 0. The molecule has 0 atom stereocenters. The predicted octanol–water partition coefficient (Wildman–Crippen LogP) is 5.32. The van der Waals surface area contributed by atoms with E-state index in [9.17, 15) is 14.4 Å². The molecule has 0 radical (unpaired) electrons. The summed E-state index contributed by atoms with van der Waals surface area (Å²) in [5.74, 6) is 0.369. The predicted molar refractivity (Wildman–Crippen MR) is 183 cm³/mol. The van der Waals surface area contributed by atoms with Crippen LogP contribution in [0.1, 0.15) is 18.4 Å². The summed E-state index contributed by atoms with van der Waals surface area (Å²) in [6.45, 7) is 5.16. The van der Waals surface area contributed by atoms with Crippen LogP contribution in [-0.4, -0.2) is 71.0 Å². The van der Waals surface area contributed by atoms with Crippen molar-refractivity contribution < 1.29 is 14.3 Å². The number of amides is 3. The Bertz CT molecular complexity index is 1790. The van der Waals surface area contributed by atoms with E-state index >= 15 is 0 Å². The summed E-state index contributed by atoms with van der Waals surface area (Å²) in [5, 5.41) is 13.3. The standard InChI is InChI=1S/C34H35Cl2N7O4/c35-27-19-37-20-28(36)32(27)40-34(46)39-30-18-29(41-43(33(30)45)21-23-4-5-23)26-3-1-2-25(17-26)24-8-6-22(7-9-24)16-31(44)38-10-11-42-12-14-47-15-13-42/h1-3,6-9,17-20,23H,4-5,10-16,21H2,(H,38,44)(H2,37,39,40,46). The molecule has 1 aliphatic heterocycles. The number of benzene rings is 2. The van der Waals surface area contributed by atoms with Gasteiger partial charge >= 0.3 is 6.03 Å². The molecule has 3 N–H and O–H groups in total. The van der Waals surface area contributed by atoms with E-state index in [0.717, 1.165) is 67.9 Å². The lowest BCUT2D eigenvalue weighted by Crippen LogP contribution is -2.41. The smallest absolute Gasteiger partial charge is 0.323 e. The van der Waals surface area contributed by atoms with Crippen molar-refractivity contribution in [3.8, 4) is 22.4 Å². The van der Waals surface area contributed by atoms with Crippen LogP contribution in [0.2, 0.25) is 10.0 Å². The highest BCUT2D eigenvalue weighted by atomic mass is 35.5. The fraction of sp³-hybridized carbons (Fsp3) is 0.324. The number of anilines is 2. The first-order chi connectivity index (χ1) is 22.8. The molecule has 0 bridgehead atoms. The Balaban J connectivity index is 1.15. The van der Waals surface area contributed by atoms with E-state index in [-0.39, 0.29) is 27.3 Å². The number of rotatable bonds is 11. The minimum Gasteiger partial charge on any atom is -0.379 e. The summed E-state index contributed by atoms with van der Waals surface area (Å²) < 4.78 is 6.79. The molecule has 1 saturated carbocycles. The van der Waals surface area contributed by atoms with Gasteiger partial charge in [-0.05, 0) is 47.6 Å². The maximum Gasteiger partial charge on any atom is 0.323 e. The molecule has 2 fully saturated rings. The van der Waals surface area contributed by atoms with Crippen molar-refractivity contribution in [1.82, 2.24) is 25.0 Å². The largest absolute Gasteiger partial charge is 0.379 e. The lowest BCUT2D eigenvalue weighted by molar-refractivity contribution is -0.120. The maximum absolute atomic E-state index is 13.3. The van der Waals surface area contributed by atoms with Gasteiger partial charge in [-0.15, -0.1) is 0 Å². The zero-order valence-electron chi connectivity index (χ0n) is 25.7. The van der Waals surface area contributed by atoms with Crippen molar-refractivity contribution in [2.75, 3.05) is 50.0 Å². The molecule has 1 aliphatic carbocycles. The topological polar surface area (TPSA) is 130 Å². The highest BCUT2D eigenvalue weighted by Crippen LogP contribution is 2.32. The van der Waals surface area contributed by atoms with Crippen molar-refractivity contribution >= 4 is 46.5 Å². The van der Waals surface area contributed by atoms with E-state index in [4.69, 9.17) is 27.9 Å². The van der Waals surface area contributed by atoms with Crippen LogP contribution in [0.3, 0.4) is 0 Å². The summed E-state index contributed by atoms with van der Waals surface area (Å²) in [5.41, 5.74) is 4.01. The van der Waals surface area contributed by atoms with Gasteiger partial charge in [0.1, 0.15) is 5.69 Å². The summed E-state index contributed by atoms with van der Waals surface area (Å²) >= 11 is 12.3. The number of carbonyl (C=O) groups is 2. The SMILES string of the molecule is O=C(Cc1ccc(-c2cccc(-c3cc(NC(=O)Nc4c(Cl)cncc4Cl)c(=O)n(CC4CC4)n3)c2)cc1)NCCN1CCOCC1. The van der Waals surface area contributed by atoms with Crippen LogP contribution < -0.4 is 21.5 Å². The van der Waals surface area contributed by atoms with Crippen LogP contribution >= 0.6 is 23.2 Å². The van der Waals surface area contributed by atoms with Crippen molar-refractivity contribution in [3.05, 3.63) is 93.0 Å². The minimum absolute atomic E-state index is 0.00882. The van der Waals surface area contributed by atoms with Crippen LogP contribution in [0.4, 0.5) is 16.2 Å². The Morgan fingerprint density at radius 1 is 0.915 bits per heavy atom. The van der Waals surface area contributed by atoms with E-state index in [1.54, 1.807) is 6.07 Å². The Morgan fingerprint density at radius 2 is 1.64 bits per heavy atom. The van der Waals surface area contributed by atoms with Gasteiger partial charge in [-0.1, -0.05) is 65.7 Å². The van der Waals surface area contributed by atoms with Crippen LogP contribution in [0, 0.1) is 5.92 Å². The molecule has 3 amide bonds. The zero-order chi connectivity index (χ0) is 32.8. The van der Waals surface area contributed by atoms with E-state index in [0.29, 0.717) is 31.1 Å². The van der Waals surface area contributed by atoms with Crippen molar-refractivity contribution in [2.24, 2.45) is 5.92 Å². The molecular weight excluding hydrogens is 641 g/mol. The number of nitrogens with zero attached hydrogens (tertiary/aromatic N) is 4. The Hall–Kier alpha value is -4.29. The molecule has 1 saturated heterocycles. The van der Waals surface area contributed by atoms with Crippen LogP contribution in [-0.2, 0) is 22.5 Å². The molecular formula is C34H35Cl2N7O4. The van der Waals surface area contributed by atoms with Crippen molar-refractivity contribution in [2.45, 2.75) is 25.8 Å². The quantitative estimate of drug-likeness (QED) is 0.196. The number of pyridine rings is 1. The Morgan fingerprint density at radius 3 is 2.36 bits per heavy atom. The molecule has 2 aromatic carbocycles. The van der Waals surface area contributed by atoms with Gasteiger partial charge in [-0.2, -0.15) is 5.10 Å². The fourth-order valence-electron chi connectivity index (χ4n) is 5.34. The molecule has 0 unspecified atom stereocenters. The summed E-state index contributed by atoms with van der Waals surface area (Å²) in [6, 6.07) is 16.6. The van der Waals surface area contributed by atoms with Crippen molar-refractivity contribution in [3.63, 3.8) is 0 Å². The van der Waals surface area contributed by atoms with E-state index in [2.05, 4.69) is 30.9 Å². The minimum atomic E-state index is -0.674. The van der Waals surface area contributed by atoms with E-state index < -0.39 is 11.6 Å². The maximum atomic E-state index is 13.3. The lowest BCUT2D eigenvalue weighted by Gasteiger charge is -2.26. The third-order valence-electron chi connectivity index (χ3n) is 8.11. The van der Waals surface area contributed by atoms with Crippen LogP contribution in [0.15, 0.2) is 71.8 Å². The second-order valence-corrected chi connectivity index (χ2v) is 12.5. The molecule has 4 aromatic rings. The van der Waals surface area contributed by atoms with Crippen LogP contribution in [0.25, 0.3) is 22.4 Å². The third-order valence-corrected chi connectivity index (χ3v) is 8.68. The van der Waals surface area contributed by atoms with Gasteiger partial charge < -0.3 is 20.7 Å². The van der Waals surface area contributed by atoms with Gasteiger partial charge in [0.25, 0.3) is 5.56 Å². The second-order valence-electron chi connectivity index (χ2n) is 11.7. The molecule has 2 aliphatic rings. The van der Waals surface area contributed by atoms with Gasteiger partial charge in [-0.25, -0.2) is 9.48 Å². The zero-order valence-corrected chi connectivity index (χ0v) is 27.2. The van der Waals surface area contributed by atoms with Gasteiger partial charge in [0.2, 0.25) is 5.91 Å². The van der Waals surface area contributed by atoms with Crippen molar-refractivity contribution in [1.29, 1.82) is 0 Å². The summed E-state index contributed by atoms with van der Waals surface area (Å²) in [6.07, 6.45) is 5.09. The fourth-order valence-corrected chi connectivity index (χ4v) is 5.80. The van der Waals surface area contributed by atoms with Gasteiger partial charge in [-0.3, -0.25) is 19.5 Å². The lowest BCUT2D eigenvalue weighted by atomic mass is 9.99. The first-order valence-electron chi connectivity index (χ1n) is 15.6. The molecule has 2 aromatic heterocycles. The molecule has 0 spiro atoms. The van der Waals surface area contributed by atoms with Crippen LogP contribution in [0.5, 0.6) is 0 Å². The van der Waals surface area contributed by atoms with Gasteiger partial charge in [0, 0.05) is 50.7 Å². The highest BCUT2D eigenvalue weighted by Gasteiger charge is 2.24. The molecule has 244 valence electrons. The monoisotopic (exact) mass is 675 g/mol. The van der Waals surface area contributed by atoms with E-state index in [1.807, 2.05) is 48.5 Å².